The van der Waals surface area contributed by atoms with Crippen LogP contribution in [0.2, 0.25) is 5.15 Å². The van der Waals surface area contributed by atoms with Crippen molar-refractivity contribution in [3.8, 4) is 0 Å². The molecule has 1 aromatic heterocycles. The molecule has 1 aliphatic carbocycles. The third-order valence-electron chi connectivity index (χ3n) is 3.98. The Bertz CT molecular complexity index is 581. The highest BCUT2D eigenvalue weighted by atomic mass is 35.5. The van der Waals surface area contributed by atoms with Crippen molar-refractivity contribution < 1.29 is 9.18 Å². The summed E-state index contributed by atoms with van der Waals surface area (Å²) in [6.45, 7) is 1.15. The van der Waals surface area contributed by atoms with Crippen molar-refractivity contribution in [1.29, 1.82) is 0 Å². The van der Waals surface area contributed by atoms with Crippen LogP contribution in [0.5, 0.6) is 0 Å². The molecule has 2 N–H and O–H groups in total. The average molecular weight is 334 g/mol. The molecular formula is C14H18Cl2FN3O. The molecule has 0 atom stereocenters. The Morgan fingerprint density at radius 1 is 1.52 bits per heavy atom. The van der Waals surface area contributed by atoms with Crippen LogP contribution in [0.3, 0.4) is 0 Å². The summed E-state index contributed by atoms with van der Waals surface area (Å²) in [4.78, 5) is 14.4. The molecule has 2 aliphatic rings. The van der Waals surface area contributed by atoms with E-state index in [1.165, 1.54) is 0 Å². The number of halogens is 3. The Morgan fingerprint density at radius 3 is 2.81 bits per heavy atom. The summed E-state index contributed by atoms with van der Waals surface area (Å²) in [6.07, 6.45) is 5.19. The number of rotatable bonds is 4. The smallest absolute Gasteiger partial charge is 0.255 e. The van der Waals surface area contributed by atoms with Crippen molar-refractivity contribution in [3.05, 3.63) is 34.4 Å². The Labute approximate surface area is 134 Å². The molecule has 0 bridgehead atoms. The fourth-order valence-corrected chi connectivity index (χ4v) is 3.00. The van der Waals surface area contributed by atoms with Gasteiger partial charge in [0.05, 0.1) is 11.9 Å². The molecule has 0 radical (unpaired) electrons. The minimum Gasteiger partial charge on any atom is -0.335 e. The summed E-state index contributed by atoms with van der Waals surface area (Å²) in [5.41, 5.74) is 7.45. The second-order valence-corrected chi connectivity index (χ2v) is 5.75. The zero-order valence-electron chi connectivity index (χ0n) is 11.5. The Kier molecular flexibility index (Phi) is 4.96. The molecule has 3 rings (SSSR count). The average Bonchev–Trinajstić information content (AvgIpc) is 3.24. The predicted molar refractivity (Wildman–Crippen MR) is 82.7 cm³/mol. The summed E-state index contributed by atoms with van der Waals surface area (Å²) < 4.78 is 14.3. The predicted octanol–water partition coefficient (Wildman–Crippen LogP) is 2.54. The first-order valence-electron chi connectivity index (χ1n) is 6.82. The van der Waals surface area contributed by atoms with E-state index in [-0.39, 0.29) is 31.4 Å². The van der Waals surface area contributed by atoms with Crippen LogP contribution in [0.25, 0.3) is 0 Å². The van der Waals surface area contributed by atoms with Crippen molar-refractivity contribution in [3.63, 3.8) is 0 Å². The second-order valence-electron chi connectivity index (χ2n) is 5.39. The third kappa shape index (κ3) is 2.96. The molecule has 116 valence electrons. The molecule has 0 saturated heterocycles. The van der Waals surface area contributed by atoms with Crippen molar-refractivity contribution in [2.75, 3.05) is 13.1 Å². The monoisotopic (exact) mass is 333 g/mol. The van der Waals surface area contributed by atoms with Gasteiger partial charge in [-0.25, -0.2) is 4.39 Å². The number of nitrogens with two attached hydrogens (primary N) is 1. The van der Waals surface area contributed by atoms with Crippen LogP contribution in [-0.4, -0.2) is 34.5 Å². The maximum atomic E-state index is 12.6. The minimum atomic E-state index is 0. The molecule has 1 amide bonds. The molecule has 1 saturated carbocycles. The van der Waals surface area contributed by atoms with E-state index in [9.17, 15) is 9.18 Å². The number of hydrogen-bond acceptors (Lipinski definition) is 2. The zero-order valence-corrected chi connectivity index (χ0v) is 13.1. The van der Waals surface area contributed by atoms with E-state index < -0.39 is 0 Å². The molecular weight excluding hydrogens is 316 g/mol. The second kappa shape index (κ2) is 6.38. The van der Waals surface area contributed by atoms with Crippen LogP contribution in [-0.2, 0) is 13.0 Å². The molecule has 4 nitrogen and oxygen atoms in total. The first-order chi connectivity index (χ1) is 9.65. The largest absolute Gasteiger partial charge is 0.335 e. The van der Waals surface area contributed by atoms with Gasteiger partial charge in [0.15, 0.2) is 0 Å². The lowest BCUT2D eigenvalue weighted by molar-refractivity contribution is 0.0727. The molecule has 0 spiro atoms. The quantitative estimate of drug-likeness (QED) is 0.920. The van der Waals surface area contributed by atoms with E-state index in [4.69, 9.17) is 17.3 Å². The molecule has 0 aromatic carbocycles. The maximum absolute atomic E-state index is 12.6. The molecule has 2 heterocycles. The topological polar surface area (TPSA) is 51.3 Å². The summed E-state index contributed by atoms with van der Waals surface area (Å²) in [7, 11) is 0. The van der Waals surface area contributed by atoms with Crippen molar-refractivity contribution >= 4 is 29.9 Å². The molecule has 1 aromatic rings. The number of carbonyl (C=O) groups is 1. The minimum absolute atomic E-state index is 0. The lowest BCUT2D eigenvalue weighted by Gasteiger charge is -2.26. The fourth-order valence-electron chi connectivity index (χ4n) is 2.70. The SMILES string of the molecule is Cl.NCC(=CF)Cn1cc2c(c1Cl)CCN(C1CC1)C2=O. The van der Waals surface area contributed by atoms with Gasteiger partial charge in [0.2, 0.25) is 0 Å². The number of nitrogens with zero attached hydrogens (tertiary/aromatic N) is 2. The van der Waals surface area contributed by atoms with Gasteiger partial charge in [-0.2, -0.15) is 0 Å². The molecule has 0 unspecified atom stereocenters. The number of amides is 1. The maximum Gasteiger partial charge on any atom is 0.255 e. The van der Waals surface area contributed by atoms with Crippen molar-refractivity contribution in [2.24, 2.45) is 5.73 Å². The summed E-state index contributed by atoms with van der Waals surface area (Å²) in [5, 5.41) is 0.525. The Morgan fingerprint density at radius 2 is 2.24 bits per heavy atom. The van der Waals surface area contributed by atoms with Crippen LogP contribution < -0.4 is 5.73 Å². The van der Waals surface area contributed by atoms with Gasteiger partial charge in [-0.3, -0.25) is 4.79 Å². The van der Waals surface area contributed by atoms with Gasteiger partial charge in [0, 0.05) is 37.4 Å². The number of carbonyl (C=O) groups excluding carboxylic acids is 1. The summed E-state index contributed by atoms with van der Waals surface area (Å²) >= 11 is 6.31. The fraction of sp³-hybridized carbons (Fsp3) is 0.500. The van der Waals surface area contributed by atoms with E-state index >= 15 is 0 Å². The van der Waals surface area contributed by atoms with Gasteiger partial charge in [-0.1, -0.05) is 11.6 Å². The Hall–Kier alpha value is -1.04. The van der Waals surface area contributed by atoms with Crippen LogP contribution in [0, 0.1) is 0 Å². The van der Waals surface area contributed by atoms with Gasteiger partial charge in [0.1, 0.15) is 5.15 Å². The first-order valence-corrected chi connectivity index (χ1v) is 7.20. The lowest BCUT2D eigenvalue weighted by atomic mass is 10.0. The van der Waals surface area contributed by atoms with Crippen molar-refractivity contribution in [1.82, 2.24) is 9.47 Å². The number of aromatic nitrogens is 1. The number of fused-ring (bicyclic) bond motifs is 1. The number of hydrogen-bond donors (Lipinski definition) is 1. The lowest BCUT2D eigenvalue weighted by Crippen LogP contribution is -2.38. The Balaban J connectivity index is 0.00000161. The molecule has 1 aliphatic heterocycles. The van der Waals surface area contributed by atoms with E-state index in [1.807, 2.05) is 4.90 Å². The zero-order chi connectivity index (χ0) is 14.3. The standard InChI is InChI=1S/C14H17ClFN3O.ClH/c15-13-11-3-4-19(10-1-2-10)14(20)12(11)8-18(13)7-9(5-16)6-17;/h5,8,10H,1-4,6-7,17H2;1H. The van der Waals surface area contributed by atoms with Gasteiger partial charge in [-0.05, 0) is 24.8 Å². The molecule has 7 heteroatoms. The van der Waals surface area contributed by atoms with Crippen LogP contribution in [0.15, 0.2) is 18.1 Å². The third-order valence-corrected chi connectivity index (χ3v) is 4.43. The molecule has 1 fully saturated rings. The van der Waals surface area contributed by atoms with Gasteiger partial charge in [0.25, 0.3) is 5.91 Å². The van der Waals surface area contributed by atoms with Crippen LogP contribution in [0.4, 0.5) is 4.39 Å². The van der Waals surface area contributed by atoms with E-state index in [2.05, 4.69) is 0 Å². The van der Waals surface area contributed by atoms with Crippen molar-refractivity contribution in [2.45, 2.75) is 31.8 Å². The van der Waals surface area contributed by atoms with Gasteiger partial charge in [-0.15, -0.1) is 12.4 Å². The highest BCUT2D eigenvalue weighted by molar-refractivity contribution is 6.31. The van der Waals surface area contributed by atoms with E-state index in [0.717, 1.165) is 31.4 Å². The first kappa shape index (κ1) is 16.3. The van der Waals surface area contributed by atoms with E-state index in [0.29, 0.717) is 28.7 Å². The van der Waals surface area contributed by atoms with Crippen LogP contribution in [0.1, 0.15) is 28.8 Å². The highest BCUT2D eigenvalue weighted by Gasteiger charge is 2.37. The van der Waals surface area contributed by atoms with Gasteiger partial charge < -0.3 is 15.2 Å². The highest BCUT2D eigenvalue weighted by Crippen LogP contribution is 2.34. The molecule has 21 heavy (non-hydrogen) atoms. The summed E-state index contributed by atoms with van der Waals surface area (Å²) in [5.74, 6) is 0.0490. The van der Waals surface area contributed by atoms with E-state index in [1.54, 1.807) is 10.8 Å². The normalized spacial score (nSPS) is 18.5. The van der Waals surface area contributed by atoms with Gasteiger partial charge >= 0.3 is 0 Å². The summed E-state index contributed by atoms with van der Waals surface area (Å²) in [6, 6.07) is 0.406. The van der Waals surface area contributed by atoms with Crippen LogP contribution >= 0.6 is 24.0 Å².